The summed E-state index contributed by atoms with van der Waals surface area (Å²) in [7, 11) is -2.20. The highest BCUT2D eigenvalue weighted by molar-refractivity contribution is 9.09. The van der Waals surface area contributed by atoms with Crippen molar-refractivity contribution in [3.63, 3.8) is 0 Å². The molecule has 92 valence electrons. The summed E-state index contributed by atoms with van der Waals surface area (Å²) in [6, 6.07) is 0.607. The lowest BCUT2D eigenvalue weighted by atomic mass is 10.3. The van der Waals surface area contributed by atoms with E-state index in [1.807, 2.05) is 20.4 Å². The summed E-state index contributed by atoms with van der Waals surface area (Å²) < 4.78 is 36.1. The Hall–Kier alpha value is 0.477. The van der Waals surface area contributed by atoms with Crippen molar-refractivity contribution < 1.29 is 17.6 Å². The maximum absolute atomic E-state index is 12.5. The van der Waals surface area contributed by atoms with Crippen LogP contribution >= 0.6 is 15.9 Å². The van der Waals surface area contributed by atoms with Gasteiger partial charge in [0, 0.05) is 19.6 Å². The smallest absolute Gasteiger partial charge is 0.334 e. The molecule has 0 aliphatic rings. The van der Waals surface area contributed by atoms with E-state index in [0.29, 0.717) is 25.7 Å². The minimum Gasteiger partial charge on any atom is -0.395 e. The summed E-state index contributed by atoms with van der Waals surface area (Å²) in [5, 5.41) is 0. The third kappa shape index (κ3) is 8.30. The zero-order valence-electron chi connectivity index (χ0n) is 9.49. The van der Waals surface area contributed by atoms with E-state index in [0.717, 1.165) is 0 Å². The normalized spacial score (nSPS) is 13.2. The zero-order chi connectivity index (χ0) is 11.9. The van der Waals surface area contributed by atoms with Gasteiger partial charge in [-0.25, -0.2) is 0 Å². The first-order chi connectivity index (χ1) is 6.83. The van der Waals surface area contributed by atoms with E-state index in [2.05, 4.69) is 15.9 Å². The Morgan fingerprint density at radius 3 is 2.00 bits per heavy atom. The van der Waals surface area contributed by atoms with Crippen molar-refractivity contribution >= 4 is 24.5 Å². The molecule has 0 amide bonds. The fourth-order valence-electron chi connectivity index (χ4n) is 1.41. The molecule has 0 bridgehead atoms. The van der Waals surface area contributed by atoms with Crippen molar-refractivity contribution in [3.8, 4) is 0 Å². The Morgan fingerprint density at radius 1 is 1.20 bits per heavy atom. The molecule has 0 saturated carbocycles. The van der Waals surface area contributed by atoms with Gasteiger partial charge in [0.1, 0.15) is 0 Å². The minimum absolute atomic E-state index is 0.171. The fourth-order valence-corrected chi connectivity index (χ4v) is 4.10. The minimum atomic E-state index is -2.76. The highest BCUT2D eigenvalue weighted by Crippen LogP contribution is 2.30. The van der Waals surface area contributed by atoms with Crippen molar-refractivity contribution in [2.75, 3.05) is 13.2 Å². The molecule has 0 aromatic carbocycles. The molecule has 0 radical (unpaired) electrons. The first kappa shape index (κ1) is 15.5. The van der Waals surface area contributed by atoms with Crippen LogP contribution in [0.3, 0.4) is 0 Å². The molecule has 0 atom stereocenters. The summed E-state index contributed by atoms with van der Waals surface area (Å²) in [6.07, 6.45) is 0.247. The van der Waals surface area contributed by atoms with Crippen molar-refractivity contribution in [2.45, 2.75) is 44.1 Å². The van der Waals surface area contributed by atoms with Gasteiger partial charge in [-0.2, -0.15) is 8.78 Å². The van der Waals surface area contributed by atoms with E-state index in [-0.39, 0.29) is 6.42 Å². The molecule has 0 aliphatic carbocycles. The van der Waals surface area contributed by atoms with Gasteiger partial charge in [-0.1, -0.05) is 0 Å². The average molecular weight is 305 g/mol. The van der Waals surface area contributed by atoms with E-state index >= 15 is 0 Å². The molecule has 0 heterocycles. The van der Waals surface area contributed by atoms with E-state index in [1.54, 1.807) is 0 Å². The molecule has 0 unspecified atom stereocenters. The summed E-state index contributed by atoms with van der Waals surface area (Å²) in [5.41, 5.74) is 0. The largest absolute Gasteiger partial charge is 0.395 e. The number of hydrogen-bond donors (Lipinski definition) is 0. The van der Waals surface area contributed by atoms with E-state index in [9.17, 15) is 8.78 Å². The number of rotatable bonds is 8. The second kappa shape index (κ2) is 6.93. The van der Waals surface area contributed by atoms with Crippen molar-refractivity contribution in [2.24, 2.45) is 0 Å². The fraction of sp³-hybridized carbons (Fsp3) is 1.00. The van der Waals surface area contributed by atoms with Crippen molar-refractivity contribution in [1.29, 1.82) is 0 Å². The van der Waals surface area contributed by atoms with Gasteiger partial charge in [0.15, 0.2) is 0 Å². The summed E-state index contributed by atoms with van der Waals surface area (Å²) >= 11 is 2.32. The molecule has 0 aliphatic heterocycles. The maximum atomic E-state index is 12.5. The summed E-state index contributed by atoms with van der Waals surface area (Å²) in [4.78, 5) is -2.76. The highest BCUT2D eigenvalue weighted by atomic mass is 79.9. The van der Waals surface area contributed by atoms with Crippen LogP contribution in [0.1, 0.15) is 26.7 Å². The van der Waals surface area contributed by atoms with Gasteiger partial charge >= 0.3 is 13.4 Å². The molecule has 0 N–H and O–H groups in total. The van der Waals surface area contributed by atoms with E-state index in [1.165, 1.54) is 0 Å². The van der Waals surface area contributed by atoms with Gasteiger partial charge in [0.2, 0.25) is 0 Å². The van der Waals surface area contributed by atoms with Crippen LogP contribution in [0, 0.1) is 0 Å². The van der Waals surface area contributed by atoms with Gasteiger partial charge < -0.3 is 8.85 Å². The second-order valence-corrected chi connectivity index (χ2v) is 7.97. The van der Waals surface area contributed by atoms with Crippen LogP contribution in [0.2, 0.25) is 12.6 Å². The topological polar surface area (TPSA) is 18.5 Å². The number of halogens is 3. The third-order valence-corrected chi connectivity index (χ3v) is 5.45. The molecule has 0 saturated heterocycles. The standard InChI is InChI=1S/C9H19BrF2O2Si/c1-4-13-15(3,14-5-2)8-6-7-9(10,11)12/h4-8H2,1-3H3. The van der Waals surface area contributed by atoms with Gasteiger partial charge in [0.25, 0.3) is 0 Å². The second-order valence-electron chi connectivity index (χ2n) is 3.47. The maximum Gasteiger partial charge on any atom is 0.334 e. The van der Waals surface area contributed by atoms with Crippen molar-refractivity contribution in [1.82, 2.24) is 0 Å². The molecular formula is C9H19BrF2O2Si. The Labute approximate surface area is 99.7 Å². The molecule has 0 rings (SSSR count). The van der Waals surface area contributed by atoms with Gasteiger partial charge in [-0.3, -0.25) is 0 Å². The van der Waals surface area contributed by atoms with E-state index in [4.69, 9.17) is 8.85 Å². The number of hydrogen-bond acceptors (Lipinski definition) is 2. The molecule has 0 aromatic rings. The summed E-state index contributed by atoms with van der Waals surface area (Å²) in [5.74, 6) is 0. The molecule has 0 aromatic heterocycles. The average Bonchev–Trinajstić information content (AvgIpc) is 2.01. The van der Waals surface area contributed by atoms with Crippen LogP contribution in [0.5, 0.6) is 0 Å². The first-order valence-corrected chi connectivity index (χ1v) is 8.49. The van der Waals surface area contributed by atoms with Gasteiger partial charge in [-0.15, -0.1) is 0 Å². The van der Waals surface area contributed by atoms with Gasteiger partial charge in [0.05, 0.1) is 0 Å². The monoisotopic (exact) mass is 304 g/mol. The predicted molar refractivity (Wildman–Crippen MR) is 62.8 cm³/mol. The lowest BCUT2D eigenvalue weighted by Gasteiger charge is -2.26. The highest BCUT2D eigenvalue weighted by Gasteiger charge is 2.32. The Morgan fingerprint density at radius 2 is 1.67 bits per heavy atom. The quantitative estimate of drug-likeness (QED) is 0.500. The van der Waals surface area contributed by atoms with Crippen LogP contribution in [-0.4, -0.2) is 26.6 Å². The molecule has 6 heteroatoms. The third-order valence-electron chi connectivity index (χ3n) is 1.99. The van der Waals surface area contributed by atoms with Crippen LogP contribution < -0.4 is 0 Å². The Balaban J connectivity index is 3.95. The zero-order valence-corrected chi connectivity index (χ0v) is 12.1. The van der Waals surface area contributed by atoms with E-state index < -0.39 is 13.4 Å². The molecule has 0 spiro atoms. The SMILES string of the molecule is CCO[Si](C)(CCCC(F)(F)Br)OCC. The lowest BCUT2D eigenvalue weighted by Crippen LogP contribution is -2.38. The first-order valence-electron chi connectivity index (χ1n) is 5.17. The predicted octanol–water partition coefficient (Wildman–Crippen LogP) is 3.90. The summed E-state index contributed by atoms with van der Waals surface area (Å²) in [6.45, 7) is 6.86. The lowest BCUT2D eigenvalue weighted by molar-refractivity contribution is 0.101. The Kier molecular flexibility index (Phi) is 7.15. The molecular weight excluding hydrogens is 286 g/mol. The van der Waals surface area contributed by atoms with Crippen LogP contribution in [0.4, 0.5) is 8.78 Å². The molecule has 2 nitrogen and oxygen atoms in total. The molecule has 0 fully saturated rings. The van der Waals surface area contributed by atoms with Crippen LogP contribution in [0.25, 0.3) is 0 Å². The molecule has 15 heavy (non-hydrogen) atoms. The van der Waals surface area contributed by atoms with Crippen LogP contribution in [0.15, 0.2) is 0 Å². The van der Waals surface area contributed by atoms with Crippen molar-refractivity contribution in [3.05, 3.63) is 0 Å². The van der Waals surface area contributed by atoms with Crippen LogP contribution in [-0.2, 0) is 8.85 Å². The van der Waals surface area contributed by atoms with Gasteiger partial charge in [-0.05, 0) is 48.8 Å². The number of alkyl halides is 3. The Bertz CT molecular complexity index is 170.